The molecule has 0 atom stereocenters. The number of methoxy groups -OCH3 is 2. The van der Waals surface area contributed by atoms with Crippen molar-refractivity contribution in [3.63, 3.8) is 0 Å². The summed E-state index contributed by atoms with van der Waals surface area (Å²) >= 11 is 7.38. The van der Waals surface area contributed by atoms with Gasteiger partial charge < -0.3 is 14.8 Å². The summed E-state index contributed by atoms with van der Waals surface area (Å²) < 4.78 is 10.8. The second-order valence-corrected chi connectivity index (χ2v) is 9.85. The third kappa shape index (κ3) is 5.59. The molecule has 4 rings (SSSR count). The highest BCUT2D eigenvalue weighted by Crippen LogP contribution is 2.38. The lowest BCUT2D eigenvalue weighted by molar-refractivity contribution is 0.0951. The van der Waals surface area contributed by atoms with E-state index < -0.39 is 5.41 Å². The van der Waals surface area contributed by atoms with Crippen LogP contribution in [0.1, 0.15) is 39.3 Å². The number of likely N-dealkylation sites (tertiary alicyclic amines) is 1. The van der Waals surface area contributed by atoms with Gasteiger partial charge in [-0.15, -0.1) is 11.3 Å². The van der Waals surface area contributed by atoms with E-state index in [1.54, 1.807) is 44.0 Å². The summed E-state index contributed by atoms with van der Waals surface area (Å²) in [4.78, 5) is 20.4. The lowest BCUT2D eigenvalue weighted by Gasteiger charge is -2.37. The third-order valence-corrected chi connectivity index (χ3v) is 7.47. The number of hydrogen-bond acceptors (Lipinski definition) is 7. The van der Waals surface area contributed by atoms with Gasteiger partial charge in [-0.1, -0.05) is 17.7 Å². The van der Waals surface area contributed by atoms with Gasteiger partial charge in [-0.3, -0.25) is 9.69 Å². The quantitative estimate of drug-likeness (QED) is 0.468. The molecule has 2 heterocycles. The topological polar surface area (TPSA) is 87.5 Å². The lowest BCUT2D eigenvalue weighted by atomic mass is 9.76. The van der Waals surface area contributed by atoms with Gasteiger partial charge in [-0.05, 0) is 54.8 Å². The summed E-state index contributed by atoms with van der Waals surface area (Å²) in [5, 5.41) is 13.7. The minimum Gasteiger partial charge on any atom is -0.493 e. The molecule has 0 bridgehead atoms. The zero-order chi connectivity index (χ0) is 24.8. The summed E-state index contributed by atoms with van der Waals surface area (Å²) in [6.45, 7) is 2.65. The smallest absolute Gasteiger partial charge is 0.251 e. The Bertz CT molecular complexity index is 1210. The molecule has 7 nitrogen and oxygen atoms in total. The summed E-state index contributed by atoms with van der Waals surface area (Å²) in [5.74, 6) is 1.23. The number of thiazole rings is 1. The van der Waals surface area contributed by atoms with Crippen molar-refractivity contribution in [2.45, 2.75) is 31.3 Å². The molecule has 182 valence electrons. The van der Waals surface area contributed by atoms with E-state index in [-0.39, 0.29) is 5.91 Å². The average Bonchev–Trinajstić information content (AvgIpc) is 3.37. The fraction of sp³-hybridized carbons (Fsp3) is 0.346. The first-order chi connectivity index (χ1) is 17.0. The van der Waals surface area contributed by atoms with Crippen molar-refractivity contribution in [1.29, 1.82) is 5.26 Å². The second-order valence-electron chi connectivity index (χ2n) is 8.47. The molecule has 0 aliphatic carbocycles. The molecule has 1 amide bonds. The SMILES string of the molecule is COc1ccc(CN2CCC(C#N)(c3ncsc3CNC(=O)c3ccc(Cl)cc3)CC2)cc1OC. The zero-order valence-electron chi connectivity index (χ0n) is 19.7. The van der Waals surface area contributed by atoms with Crippen molar-refractivity contribution in [3.8, 4) is 17.6 Å². The maximum Gasteiger partial charge on any atom is 0.251 e. The van der Waals surface area contributed by atoms with Crippen LogP contribution < -0.4 is 14.8 Å². The largest absolute Gasteiger partial charge is 0.493 e. The number of carbonyl (C=O) groups excluding carboxylic acids is 1. The molecule has 0 saturated carbocycles. The van der Waals surface area contributed by atoms with Crippen LogP contribution in [0, 0.1) is 11.3 Å². The number of benzene rings is 2. The Kier molecular flexibility index (Phi) is 7.91. The Labute approximate surface area is 214 Å². The standard InChI is InChI=1S/C26H27ClN4O3S/c1-33-21-8-3-18(13-22(21)34-2)15-31-11-9-26(16-28,10-12-31)24-23(35-17-30-24)14-29-25(32)19-4-6-20(27)7-5-19/h3-8,13,17H,9-12,14-15H2,1-2H3,(H,29,32). The monoisotopic (exact) mass is 510 g/mol. The van der Waals surface area contributed by atoms with Crippen molar-refractivity contribution in [2.75, 3.05) is 27.3 Å². The Hall–Kier alpha value is -3.12. The molecule has 0 radical (unpaired) electrons. The van der Waals surface area contributed by atoms with E-state index in [1.165, 1.54) is 11.3 Å². The maximum absolute atomic E-state index is 12.5. The van der Waals surface area contributed by atoms with Gasteiger partial charge in [0.2, 0.25) is 0 Å². The number of nitrogens with one attached hydrogen (secondary N) is 1. The van der Waals surface area contributed by atoms with Gasteiger partial charge in [0.05, 0.1) is 38.0 Å². The van der Waals surface area contributed by atoms with Crippen LogP contribution in [0.5, 0.6) is 11.5 Å². The van der Waals surface area contributed by atoms with Crippen LogP contribution in [0.4, 0.5) is 0 Å². The molecular formula is C26H27ClN4O3S. The van der Waals surface area contributed by atoms with Gasteiger partial charge in [-0.2, -0.15) is 5.26 Å². The number of rotatable bonds is 8. The van der Waals surface area contributed by atoms with E-state index in [1.807, 2.05) is 18.2 Å². The number of amides is 1. The van der Waals surface area contributed by atoms with Gasteiger partial charge in [0, 0.05) is 35.1 Å². The third-order valence-electron chi connectivity index (χ3n) is 6.39. The molecule has 1 aliphatic heterocycles. The Morgan fingerprint density at radius 1 is 1.17 bits per heavy atom. The average molecular weight is 511 g/mol. The molecule has 3 aromatic rings. The number of ether oxygens (including phenoxy) is 2. The number of nitriles is 1. The molecule has 1 aliphatic rings. The van der Waals surface area contributed by atoms with Gasteiger partial charge >= 0.3 is 0 Å². The molecule has 1 saturated heterocycles. The van der Waals surface area contributed by atoms with Crippen LogP contribution in [0.3, 0.4) is 0 Å². The van der Waals surface area contributed by atoms with E-state index in [0.29, 0.717) is 41.5 Å². The fourth-order valence-corrected chi connectivity index (χ4v) is 5.31. The number of nitrogens with zero attached hydrogens (tertiary/aromatic N) is 3. The molecule has 1 N–H and O–H groups in total. The van der Waals surface area contributed by atoms with E-state index in [2.05, 4.69) is 21.3 Å². The number of piperidine rings is 1. The first kappa shape index (κ1) is 25.0. The van der Waals surface area contributed by atoms with Crippen molar-refractivity contribution >= 4 is 28.8 Å². The number of hydrogen-bond donors (Lipinski definition) is 1. The highest BCUT2D eigenvalue weighted by Gasteiger charge is 2.40. The predicted octanol–water partition coefficient (Wildman–Crippen LogP) is 4.80. The minimum absolute atomic E-state index is 0.184. The van der Waals surface area contributed by atoms with Gasteiger partial charge in [0.1, 0.15) is 5.41 Å². The van der Waals surface area contributed by atoms with Crippen LogP contribution in [-0.2, 0) is 18.5 Å². The number of aromatic nitrogens is 1. The molecule has 0 spiro atoms. The van der Waals surface area contributed by atoms with Crippen LogP contribution in [-0.4, -0.2) is 43.1 Å². The van der Waals surface area contributed by atoms with Crippen molar-refractivity contribution in [1.82, 2.24) is 15.2 Å². The Morgan fingerprint density at radius 2 is 1.89 bits per heavy atom. The highest BCUT2D eigenvalue weighted by molar-refractivity contribution is 7.09. The van der Waals surface area contributed by atoms with E-state index in [9.17, 15) is 10.1 Å². The van der Waals surface area contributed by atoms with Crippen LogP contribution >= 0.6 is 22.9 Å². The van der Waals surface area contributed by atoms with Crippen molar-refractivity contribution in [2.24, 2.45) is 0 Å². The summed E-state index contributed by atoms with van der Waals surface area (Å²) in [6, 6.07) is 15.3. The van der Waals surface area contributed by atoms with Crippen molar-refractivity contribution in [3.05, 3.63) is 74.7 Å². The number of carbonyl (C=O) groups is 1. The Morgan fingerprint density at radius 3 is 2.54 bits per heavy atom. The molecule has 9 heteroatoms. The maximum atomic E-state index is 12.5. The molecule has 0 unspecified atom stereocenters. The van der Waals surface area contributed by atoms with Gasteiger partial charge in [-0.25, -0.2) is 4.98 Å². The molecule has 1 fully saturated rings. The van der Waals surface area contributed by atoms with E-state index in [0.717, 1.165) is 35.8 Å². The van der Waals surface area contributed by atoms with E-state index in [4.69, 9.17) is 21.1 Å². The normalized spacial score (nSPS) is 15.3. The number of halogens is 1. The Balaban J connectivity index is 1.40. The highest BCUT2D eigenvalue weighted by atomic mass is 35.5. The van der Waals surface area contributed by atoms with Crippen molar-refractivity contribution < 1.29 is 14.3 Å². The first-order valence-electron chi connectivity index (χ1n) is 11.3. The lowest BCUT2D eigenvalue weighted by Crippen LogP contribution is -2.42. The van der Waals surface area contributed by atoms with Crippen LogP contribution in [0.2, 0.25) is 5.02 Å². The fourth-order valence-electron chi connectivity index (χ4n) is 4.38. The van der Waals surface area contributed by atoms with Gasteiger partial charge in [0.25, 0.3) is 5.91 Å². The molecule has 2 aromatic carbocycles. The molecule has 1 aromatic heterocycles. The minimum atomic E-state index is -0.658. The second kappa shape index (κ2) is 11.1. The first-order valence-corrected chi connectivity index (χ1v) is 12.5. The summed E-state index contributed by atoms with van der Waals surface area (Å²) in [7, 11) is 3.26. The molecule has 35 heavy (non-hydrogen) atoms. The predicted molar refractivity (Wildman–Crippen MR) is 136 cm³/mol. The molecular weight excluding hydrogens is 484 g/mol. The summed E-state index contributed by atoms with van der Waals surface area (Å²) in [6.07, 6.45) is 1.36. The summed E-state index contributed by atoms with van der Waals surface area (Å²) in [5.41, 5.74) is 3.56. The van der Waals surface area contributed by atoms with Gasteiger partial charge in [0.15, 0.2) is 11.5 Å². The van der Waals surface area contributed by atoms with Crippen LogP contribution in [0.25, 0.3) is 0 Å². The zero-order valence-corrected chi connectivity index (χ0v) is 21.3. The van der Waals surface area contributed by atoms with Crippen LogP contribution in [0.15, 0.2) is 48.0 Å². The van der Waals surface area contributed by atoms with E-state index >= 15 is 0 Å².